The zero-order valence-corrected chi connectivity index (χ0v) is 17.7. The van der Waals surface area contributed by atoms with Crippen molar-refractivity contribution in [1.29, 1.82) is 0 Å². The molecule has 1 aliphatic rings. The van der Waals surface area contributed by atoms with Crippen molar-refractivity contribution in [2.24, 2.45) is 0 Å². The van der Waals surface area contributed by atoms with Gasteiger partial charge in [-0.2, -0.15) is 0 Å². The van der Waals surface area contributed by atoms with Gasteiger partial charge in [-0.3, -0.25) is 14.2 Å². The lowest BCUT2D eigenvalue weighted by molar-refractivity contribution is -0.144. The minimum absolute atomic E-state index is 0.0893. The van der Waals surface area contributed by atoms with Gasteiger partial charge in [0.1, 0.15) is 6.10 Å². The van der Waals surface area contributed by atoms with Crippen LogP contribution in [0.15, 0.2) is 59.7 Å². The van der Waals surface area contributed by atoms with Gasteiger partial charge < -0.3 is 15.1 Å². The first-order chi connectivity index (χ1) is 14.8. The number of carbonyl (C=O) groups is 1. The number of amides is 1. The molecule has 0 spiro atoms. The molecule has 0 aliphatic carbocycles. The van der Waals surface area contributed by atoms with Gasteiger partial charge in [0.05, 0.1) is 29.4 Å². The van der Waals surface area contributed by atoms with E-state index in [-0.39, 0.29) is 24.4 Å². The molecule has 7 nitrogen and oxygen atoms in total. The number of halogens is 1. The number of carbonyl (C=O) groups excluding carboxylic acids is 1. The van der Waals surface area contributed by atoms with Gasteiger partial charge >= 0.3 is 0 Å². The van der Waals surface area contributed by atoms with Gasteiger partial charge in [0.2, 0.25) is 0 Å². The van der Waals surface area contributed by atoms with E-state index in [2.05, 4.69) is 4.98 Å². The quantitative estimate of drug-likeness (QED) is 0.631. The summed E-state index contributed by atoms with van der Waals surface area (Å²) in [5.41, 5.74) is 0.0222. The third-order valence-electron chi connectivity index (χ3n) is 5.81. The standard InChI is InChI=1S/C23H24ClN3O4/c24-17-6-7-18-19(13-17)25-15-27(21(18)29)14-23(31)8-10-26(11-9-23)22(30)20(28)12-16-4-2-1-3-5-16/h1-7,13,15,20,28,31H,8-12,14H2/t20-/m0/s1. The molecule has 1 saturated heterocycles. The molecule has 1 aliphatic heterocycles. The first-order valence-corrected chi connectivity index (χ1v) is 10.6. The third kappa shape index (κ3) is 4.79. The third-order valence-corrected chi connectivity index (χ3v) is 6.05. The van der Waals surface area contributed by atoms with E-state index < -0.39 is 11.7 Å². The highest BCUT2D eigenvalue weighted by atomic mass is 35.5. The fourth-order valence-electron chi connectivity index (χ4n) is 4.00. The lowest BCUT2D eigenvalue weighted by Crippen LogP contribution is -2.52. The maximum Gasteiger partial charge on any atom is 0.261 e. The van der Waals surface area contributed by atoms with Gasteiger partial charge in [0.15, 0.2) is 0 Å². The Hall–Kier alpha value is -2.74. The minimum Gasteiger partial charge on any atom is -0.388 e. The largest absolute Gasteiger partial charge is 0.388 e. The van der Waals surface area contributed by atoms with Gasteiger partial charge in [0, 0.05) is 24.5 Å². The van der Waals surface area contributed by atoms with Crippen LogP contribution in [0.5, 0.6) is 0 Å². The van der Waals surface area contributed by atoms with Crippen LogP contribution in [0.2, 0.25) is 5.02 Å². The molecule has 162 valence electrons. The summed E-state index contributed by atoms with van der Waals surface area (Å²) in [5, 5.41) is 22.3. The van der Waals surface area contributed by atoms with Crippen molar-refractivity contribution in [1.82, 2.24) is 14.5 Å². The number of hydrogen-bond acceptors (Lipinski definition) is 5. The molecule has 1 atom stereocenters. The minimum atomic E-state index is -1.13. The summed E-state index contributed by atoms with van der Waals surface area (Å²) in [6, 6.07) is 14.2. The van der Waals surface area contributed by atoms with E-state index in [4.69, 9.17) is 11.6 Å². The Kier molecular flexibility index (Phi) is 6.09. The van der Waals surface area contributed by atoms with Crippen molar-refractivity contribution in [3.8, 4) is 0 Å². The molecular formula is C23H24ClN3O4. The second kappa shape index (κ2) is 8.78. The lowest BCUT2D eigenvalue weighted by atomic mass is 9.90. The molecular weight excluding hydrogens is 418 g/mol. The first kappa shape index (κ1) is 21.5. The molecule has 4 rings (SSSR count). The van der Waals surface area contributed by atoms with Crippen LogP contribution >= 0.6 is 11.6 Å². The monoisotopic (exact) mass is 441 g/mol. The Bertz CT molecular complexity index is 1140. The van der Waals surface area contributed by atoms with Crippen LogP contribution in [-0.4, -0.2) is 55.4 Å². The molecule has 0 radical (unpaired) electrons. The number of rotatable bonds is 5. The molecule has 0 bridgehead atoms. The van der Waals surface area contributed by atoms with Crippen molar-refractivity contribution >= 4 is 28.4 Å². The predicted molar refractivity (Wildman–Crippen MR) is 118 cm³/mol. The maximum absolute atomic E-state index is 12.8. The number of benzene rings is 2. The molecule has 1 amide bonds. The van der Waals surface area contributed by atoms with Crippen LogP contribution in [0.1, 0.15) is 18.4 Å². The van der Waals surface area contributed by atoms with Crippen LogP contribution in [0.3, 0.4) is 0 Å². The van der Waals surface area contributed by atoms with Crippen LogP contribution < -0.4 is 5.56 Å². The number of hydrogen-bond donors (Lipinski definition) is 2. The number of aliphatic hydroxyl groups excluding tert-OH is 1. The summed E-state index contributed by atoms with van der Waals surface area (Å²) in [6.07, 6.45) is 1.17. The summed E-state index contributed by atoms with van der Waals surface area (Å²) in [7, 11) is 0. The Labute approximate surface area is 184 Å². The van der Waals surface area contributed by atoms with Gasteiger partial charge in [0.25, 0.3) is 11.5 Å². The average molecular weight is 442 g/mol. The zero-order chi connectivity index (χ0) is 22.0. The smallest absolute Gasteiger partial charge is 0.261 e. The summed E-state index contributed by atoms with van der Waals surface area (Å²) in [4.78, 5) is 31.2. The molecule has 2 aromatic carbocycles. The number of fused-ring (bicyclic) bond motifs is 1. The van der Waals surface area contributed by atoms with E-state index in [1.165, 1.54) is 10.9 Å². The van der Waals surface area contributed by atoms with Crippen molar-refractivity contribution < 1.29 is 15.0 Å². The normalized spacial score (nSPS) is 16.9. The summed E-state index contributed by atoms with van der Waals surface area (Å²) in [5.74, 6) is -0.340. The summed E-state index contributed by atoms with van der Waals surface area (Å²) >= 11 is 5.96. The molecule has 8 heteroatoms. The topological polar surface area (TPSA) is 95.7 Å². The van der Waals surface area contributed by atoms with Crippen LogP contribution in [0, 0.1) is 0 Å². The van der Waals surface area contributed by atoms with Crippen LogP contribution in [-0.2, 0) is 17.8 Å². The van der Waals surface area contributed by atoms with E-state index in [0.29, 0.717) is 41.9 Å². The molecule has 1 fully saturated rings. The zero-order valence-electron chi connectivity index (χ0n) is 16.9. The van der Waals surface area contributed by atoms with E-state index in [1.807, 2.05) is 30.3 Å². The van der Waals surface area contributed by atoms with E-state index in [1.54, 1.807) is 23.1 Å². The molecule has 0 unspecified atom stereocenters. The highest BCUT2D eigenvalue weighted by Crippen LogP contribution is 2.25. The molecule has 31 heavy (non-hydrogen) atoms. The molecule has 2 N–H and O–H groups in total. The SMILES string of the molecule is O=C([C@@H](O)Cc1ccccc1)N1CCC(O)(Cn2cnc3cc(Cl)ccc3c2=O)CC1. The van der Waals surface area contributed by atoms with Gasteiger partial charge in [-0.05, 0) is 36.6 Å². The van der Waals surface area contributed by atoms with Crippen molar-refractivity contribution in [2.45, 2.75) is 37.5 Å². The maximum atomic E-state index is 12.8. The second-order valence-electron chi connectivity index (χ2n) is 8.09. The van der Waals surface area contributed by atoms with Gasteiger partial charge in [-0.1, -0.05) is 41.9 Å². The molecule has 1 aromatic heterocycles. The number of aliphatic hydroxyl groups is 2. The Balaban J connectivity index is 1.40. The Morgan fingerprint density at radius 2 is 1.87 bits per heavy atom. The molecule has 2 heterocycles. The van der Waals surface area contributed by atoms with Crippen molar-refractivity contribution in [3.05, 3.63) is 75.8 Å². The van der Waals surface area contributed by atoms with Gasteiger partial charge in [-0.15, -0.1) is 0 Å². The number of aromatic nitrogens is 2. The number of nitrogens with zero attached hydrogens (tertiary/aromatic N) is 3. The van der Waals surface area contributed by atoms with Gasteiger partial charge in [-0.25, -0.2) is 4.98 Å². The fraction of sp³-hybridized carbons (Fsp3) is 0.348. The van der Waals surface area contributed by atoms with Crippen molar-refractivity contribution in [2.75, 3.05) is 13.1 Å². The second-order valence-corrected chi connectivity index (χ2v) is 8.53. The average Bonchev–Trinajstić information content (AvgIpc) is 2.76. The fourth-order valence-corrected chi connectivity index (χ4v) is 4.16. The van der Waals surface area contributed by atoms with E-state index in [9.17, 15) is 19.8 Å². The Morgan fingerprint density at radius 3 is 2.58 bits per heavy atom. The molecule has 0 saturated carbocycles. The number of piperidine rings is 1. The van der Waals surface area contributed by atoms with Crippen molar-refractivity contribution in [3.63, 3.8) is 0 Å². The summed E-state index contributed by atoms with van der Waals surface area (Å²) < 4.78 is 1.40. The molecule has 3 aromatic rings. The first-order valence-electron chi connectivity index (χ1n) is 10.2. The highest BCUT2D eigenvalue weighted by molar-refractivity contribution is 6.31. The predicted octanol–water partition coefficient (Wildman–Crippen LogP) is 2.01. The summed E-state index contributed by atoms with van der Waals surface area (Å²) in [6.45, 7) is 0.713. The number of likely N-dealkylation sites (tertiary alicyclic amines) is 1. The van der Waals surface area contributed by atoms with Crippen LogP contribution in [0.4, 0.5) is 0 Å². The lowest BCUT2D eigenvalue weighted by Gasteiger charge is -2.39. The Morgan fingerprint density at radius 1 is 1.16 bits per heavy atom. The van der Waals surface area contributed by atoms with E-state index in [0.717, 1.165) is 5.56 Å². The van der Waals surface area contributed by atoms with E-state index >= 15 is 0 Å². The highest BCUT2D eigenvalue weighted by Gasteiger charge is 2.36. The van der Waals surface area contributed by atoms with Crippen LogP contribution in [0.25, 0.3) is 10.9 Å².